The third-order valence-electron chi connectivity index (χ3n) is 2.52. The molecule has 2 N–H and O–H groups in total. The van der Waals surface area contributed by atoms with Crippen LogP contribution in [0, 0.1) is 6.92 Å². The number of rotatable bonds is 7. The van der Waals surface area contributed by atoms with Crippen LogP contribution in [0.25, 0.3) is 0 Å². The fraction of sp³-hybridized carbons (Fsp3) is 0.571. The van der Waals surface area contributed by atoms with Crippen LogP contribution in [0.5, 0.6) is 0 Å². The maximum absolute atomic E-state index is 12.2. The van der Waals surface area contributed by atoms with E-state index in [-0.39, 0.29) is 11.9 Å². The third kappa shape index (κ3) is 5.51. The van der Waals surface area contributed by atoms with Gasteiger partial charge in [-0.05, 0) is 38.7 Å². The number of nitrogens with one attached hydrogen (secondary N) is 2. The molecule has 106 valence electrons. The molecule has 0 spiro atoms. The number of hydrogen-bond acceptors (Lipinski definition) is 4. The summed E-state index contributed by atoms with van der Waals surface area (Å²) in [5.41, 5.74) is 1.51. The predicted molar refractivity (Wildman–Crippen MR) is 83.1 cm³/mol. The van der Waals surface area contributed by atoms with Crippen molar-refractivity contribution in [1.29, 1.82) is 0 Å². The second kappa shape index (κ2) is 8.04. The second-order valence-electron chi connectivity index (χ2n) is 4.45. The summed E-state index contributed by atoms with van der Waals surface area (Å²) in [6.45, 7) is 8.84. The number of amides is 1. The Bertz CT molecular complexity index is 423. The second-order valence-corrected chi connectivity index (χ2v) is 5.77. The normalized spacial score (nSPS) is 12.0. The summed E-state index contributed by atoms with van der Waals surface area (Å²) in [6.07, 6.45) is 0. The first kappa shape index (κ1) is 15.8. The summed E-state index contributed by atoms with van der Waals surface area (Å²) >= 11 is 1.83. The van der Waals surface area contributed by atoms with Crippen LogP contribution in [0.2, 0.25) is 0 Å². The number of pyridine rings is 1. The van der Waals surface area contributed by atoms with Crippen molar-refractivity contribution in [3.05, 3.63) is 23.4 Å². The molecule has 0 aliphatic heterocycles. The van der Waals surface area contributed by atoms with Gasteiger partial charge in [0, 0.05) is 29.6 Å². The van der Waals surface area contributed by atoms with Crippen LogP contribution in [0.1, 0.15) is 36.8 Å². The number of aryl methyl sites for hydroxylation is 1. The molecule has 5 heteroatoms. The van der Waals surface area contributed by atoms with Crippen molar-refractivity contribution in [1.82, 2.24) is 10.3 Å². The Morgan fingerprint density at radius 3 is 2.79 bits per heavy atom. The van der Waals surface area contributed by atoms with E-state index in [4.69, 9.17) is 0 Å². The van der Waals surface area contributed by atoms with Gasteiger partial charge in [0.2, 0.25) is 0 Å². The lowest BCUT2D eigenvalue weighted by molar-refractivity contribution is 0.0943. The molecular formula is C14H23N3OS. The number of carbonyl (C=O) groups is 1. The minimum Gasteiger partial charge on any atom is -0.370 e. The monoisotopic (exact) mass is 281 g/mol. The van der Waals surface area contributed by atoms with E-state index in [9.17, 15) is 4.79 Å². The summed E-state index contributed by atoms with van der Waals surface area (Å²) in [6, 6.07) is 3.79. The standard InChI is InChI=1S/C14H23N3OS/c1-5-15-13-8-12(7-10(3)16-13)14(18)17-11(4)9-19-6-2/h7-8,11H,5-6,9H2,1-4H3,(H,15,16)(H,17,18). The van der Waals surface area contributed by atoms with E-state index in [0.29, 0.717) is 5.56 Å². The first-order chi connectivity index (χ1) is 9.06. The molecule has 0 saturated heterocycles. The highest BCUT2D eigenvalue weighted by molar-refractivity contribution is 7.99. The molecule has 0 aliphatic carbocycles. The van der Waals surface area contributed by atoms with Gasteiger partial charge in [0.25, 0.3) is 5.91 Å². The first-order valence-electron chi connectivity index (χ1n) is 6.68. The molecule has 0 radical (unpaired) electrons. The highest BCUT2D eigenvalue weighted by Crippen LogP contribution is 2.11. The Balaban J connectivity index is 2.70. The van der Waals surface area contributed by atoms with Crippen LogP contribution >= 0.6 is 11.8 Å². The molecule has 19 heavy (non-hydrogen) atoms. The fourth-order valence-corrected chi connectivity index (χ4v) is 2.39. The summed E-state index contributed by atoms with van der Waals surface area (Å²) in [5, 5.41) is 6.15. The van der Waals surface area contributed by atoms with E-state index in [2.05, 4.69) is 22.5 Å². The lowest BCUT2D eigenvalue weighted by Gasteiger charge is -2.14. The van der Waals surface area contributed by atoms with E-state index in [1.807, 2.05) is 38.6 Å². The van der Waals surface area contributed by atoms with Crippen molar-refractivity contribution >= 4 is 23.5 Å². The van der Waals surface area contributed by atoms with Gasteiger partial charge in [0.15, 0.2) is 0 Å². The largest absolute Gasteiger partial charge is 0.370 e. The fourth-order valence-electron chi connectivity index (χ4n) is 1.71. The van der Waals surface area contributed by atoms with Crippen LogP contribution in [0.3, 0.4) is 0 Å². The Hall–Kier alpha value is -1.23. The zero-order valence-corrected chi connectivity index (χ0v) is 12.9. The smallest absolute Gasteiger partial charge is 0.251 e. The molecule has 4 nitrogen and oxygen atoms in total. The average Bonchev–Trinajstić information content (AvgIpc) is 2.36. The quantitative estimate of drug-likeness (QED) is 0.807. The molecule has 0 bridgehead atoms. The number of anilines is 1. The highest BCUT2D eigenvalue weighted by Gasteiger charge is 2.11. The molecule has 1 aromatic rings. The molecular weight excluding hydrogens is 258 g/mol. The SMILES string of the molecule is CCNc1cc(C(=O)NC(C)CSCC)cc(C)n1. The van der Waals surface area contributed by atoms with Gasteiger partial charge in [-0.3, -0.25) is 4.79 Å². The zero-order valence-electron chi connectivity index (χ0n) is 12.1. The molecule has 1 amide bonds. The van der Waals surface area contributed by atoms with E-state index >= 15 is 0 Å². The van der Waals surface area contributed by atoms with Crippen LogP contribution in [-0.2, 0) is 0 Å². The molecule has 1 aromatic heterocycles. The van der Waals surface area contributed by atoms with Gasteiger partial charge < -0.3 is 10.6 Å². The summed E-state index contributed by atoms with van der Waals surface area (Å²) in [5.74, 6) is 2.73. The van der Waals surface area contributed by atoms with Crippen molar-refractivity contribution in [2.45, 2.75) is 33.7 Å². The van der Waals surface area contributed by atoms with Crippen molar-refractivity contribution < 1.29 is 4.79 Å². The number of hydrogen-bond donors (Lipinski definition) is 2. The predicted octanol–water partition coefficient (Wildman–Crippen LogP) is 2.69. The molecule has 1 rings (SSSR count). The number of aromatic nitrogens is 1. The Morgan fingerprint density at radius 1 is 1.42 bits per heavy atom. The van der Waals surface area contributed by atoms with Gasteiger partial charge in [-0.15, -0.1) is 0 Å². The van der Waals surface area contributed by atoms with E-state index < -0.39 is 0 Å². The molecule has 1 unspecified atom stereocenters. The maximum atomic E-state index is 12.2. The van der Waals surface area contributed by atoms with Crippen LogP contribution in [-0.4, -0.2) is 35.0 Å². The number of carbonyl (C=O) groups excluding carboxylic acids is 1. The highest BCUT2D eigenvalue weighted by atomic mass is 32.2. The van der Waals surface area contributed by atoms with Crippen molar-refractivity contribution in [3.8, 4) is 0 Å². The molecule has 1 atom stereocenters. The molecule has 0 saturated carbocycles. The number of thioether (sulfide) groups is 1. The van der Waals surface area contributed by atoms with Crippen molar-refractivity contribution in [3.63, 3.8) is 0 Å². The summed E-state index contributed by atoms with van der Waals surface area (Å²) in [7, 11) is 0. The topological polar surface area (TPSA) is 54.0 Å². The van der Waals surface area contributed by atoms with Crippen LogP contribution < -0.4 is 10.6 Å². The van der Waals surface area contributed by atoms with Gasteiger partial charge in [-0.1, -0.05) is 6.92 Å². The van der Waals surface area contributed by atoms with Gasteiger partial charge >= 0.3 is 0 Å². The minimum absolute atomic E-state index is 0.0335. The minimum atomic E-state index is -0.0335. The van der Waals surface area contributed by atoms with Crippen molar-refractivity contribution in [2.24, 2.45) is 0 Å². The van der Waals surface area contributed by atoms with Gasteiger partial charge in [-0.2, -0.15) is 11.8 Å². The lowest BCUT2D eigenvalue weighted by Crippen LogP contribution is -2.34. The van der Waals surface area contributed by atoms with Gasteiger partial charge in [-0.25, -0.2) is 4.98 Å². The molecule has 0 fully saturated rings. The van der Waals surface area contributed by atoms with E-state index in [1.54, 1.807) is 6.07 Å². The molecule has 0 aromatic carbocycles. The van der Waals surface area contributed by atoms with Gasteiger partial charge in [0.1, 0.15) is 5.82 Å². The van der Waals surface area contributed by atoms with E-state index in [1.165, 1.54) is 0 Å². The van der Waals surface area contributed by atoms with Crippen molar-refractivity contribution in [2.75, 3.05) is 23.4 Å². The third-order valence-corrected chi connectivity index (χ3v) is 3.67. The molecule has 0 aliphatic rings. The Labute approximate surface area is 119 Å². The Kier molecular flexibility index (Phi) is 6.70. The molecule has 1 heterocycles. The number of nitrogens with zero attached hydrogens (tertiary/aromatic N) is 1. The average molecular weight is 281 g/mol. The van der Waals surface area contributed by atoms with Crippen LogP contribution in [0.4, 0.5) is 5.82 Å². The summed E-state index contributed by atoms with van der Waals surface area (Å²) < 4.78 is 0. The Morgan fingerprint density at radius 2 is 2.16 bits per heavy atom. The van der Waals surface area contributed by atoms with Crippen LogP contribution in [0.15, 0.2) is 12.1 Å². The maximum Gasteiger partial charge on any atom is 0.251 e. The first-order valence-corrected chi connectivity index (χ1v) is 7.83. The summed E-state index contributed by atoms with van der Waals surface area (Å²) in [4.78, 5) is 16.5. The lowest BCUT2D eigenvalue weighted by atomic mass is 10.2. The van der Waals surface area contributed by atoms with E-state index in [0.717, 1.165) is 29.6 Å². The zero-order chi connectivity index (χ0) is 14.3. The van der Waals surface area contributed by atoms with Gasteiger partial charge in [0.05, 0.1) is 0 Å².